The maximum atomic E-state index is 13.1. The van der Waals surface area contributed by atoms with Gasteiger partial charge in [-0.15, -0.1) is 0 Å². The van der Waals surface area contributed by atoms with Gasteiger partial charge >= 0.3 is 0 Å². The number of piperidine rings is 1. The van der Waals surface area contributed by atoms with Crippen molar-refractivity contribution < 1.29 is 13.2 Å². The molecule has 1 aliphatic heterocycles. The van der Waals surface area contributed by atoms with E-state index < -0.39 is 15.9 Å². The van der Waals surface area contributed by atoms with E-state index in [9.17, 15) is 13.2 Å². The molecule has 150 valence electrons. The number of sulfonamides is 1. The van der Waals surface area contributed by atoms with Crippen LogP contribution in [0.5, 0.6) is 0 Å². The van der Waals surface area contributed by atoms with Gasteiger partial charge in [0.1, 0.15) is 0 Å². The summed E-state index contributed by atoms with van der Waals surface area (Å²) in [6.07, 6.45) is 1.24. The van der Waals surface area contributed by atoms with Gasteiger partial charge in [-0.25, -0.2) is 8.42 Å². The second-order valence-electron chi connectivity index (χ2n) is 7.08. The highest BCUT2D eigenvalue weighted by molar-refractivity contribution is 7.89. The first kappa shape index (κ1) is 21.1. The Bertz CT molecular complexity index is 1010. The Labute approximate surface area is 175 Å². The summed E-state index contributed by atoms with van der Waals surface area (Å²) in [7, 11) is -3.66. The van der Waals surface area contributed by atoms with Gasteiger partial charge in [-0.05, 0) is 62.1 Å². The molecule has 5 nitrogen and oxygen atoms in total. The van der Waals surface area contributed by atoms with Crippen LogP contribution in [-0.4, -0.2) is 31.7 Å². The van der Waals surface area contributed by atoms with Crippen LogP contribution >= 0.6 is 23.2 Å². The fraction of sp³-hybridized carbons (Fsp3) is 0.350. The van der Waals surface area contributed by atoms with E-state index in [0.717, 1.165) is 5.56 Å². The van der Waals surface area contributed by atoms with Crippen molar-refractivity contribution in [2.45, 2.75) is 31.6 Å². The number of hydrogen-bond acceptors (Lipinski definition) is 3. The Morgan fingerprint density at radius 2 is 1.89 bits per heavy atom. The van der Waals surface area contributed by atoms with Crippen molar-refractivity contribution in [1.82, 2.24) is 4.31 Å². The number of rotatable bonds is 4. The lowest BCUT2D eigenvalue weighted by atomic mass is 9.99. The molecule has 1 amide bonds. The standard InChI is InChI=1S/C20H22Cl2N2O3S/c1-13-5-6-14(2)19(10-13)28(26,27)24-9-3-4-15(12-24)20(25)23-18-8-7-16(21)11-17(18)22/h5-8,10-11,15H,3-4,9,12H2,1-2H3,(H,23,25)/t15-/m0/s1. The van der Waals surface area contributed by atoms with E-state index in [0.29, 0.717) is 45.6 Å². The number of halogens is 2. The number of nitrogens with zero attached hydrogens (tertiary/aromatic N) is 1. The molecule has 3 rings (SSSR count). The minimum absolute atomic E-state index is 0.146. The highest BCUT2D eigenvalue weighted by Crippen LogP contribution is 2.29. The van der Waals surface area contributed by atoms with Crippen LogP contribution in [0.1, 0.15) is 24.0 Å². The molecule has 0 aliphatic carbocycles. The Morgan fingerprint density at radius 1 is 1.14 bits per heavy atom. The predicted molar refractivity (Wildman–Crippen MR) is 112 cm³/mol. The molecule has 1 heterocycles. The molecule has 0 radical (unpaired) electrons. The quantitative estimate of drug-likeness (QED) is 0.751. The summed E-state index contributed by atoms with van der Waals surface area (Å²) in [6, 6.07) is 10.2. The van der Waals surface area contributed by atoms with Crippen molar-refractivity contribution in [2.24, 2.45) is 5.92 Å². The zero-order valence-electron chi connectivity index (χ0n) is 15.7. The van der Waals surface area contributed by atoms with Crippen LogP contribution in [0.4, 0.5) is 5.69 Å². The van der Waals surface area contributed by atoms with E-state index in [1.54, 1.807) is 37.3 Å². The molecule has 0 bridgehead atoms. The van der Waals surface area contributed by atoms with Crippen LogP contribution in [0.2, 0.25) is 10.0 Å². The number of nitrogens with one attached hydrogen (secondary N) is 1. The summed E-state index contributed by atoms with van der Waals surface area (Å²) in [5.74, 6) is -0.689. The van der Waals surface area contributed by atoms with Crippen molar-refractivity contribution >= 4 is 44.8 Å². The van der Waals surface area contributed by atoms with E-state index in [1.807, 2.05) is 13.0 Å². The van der Waals surface area contributed by atoms with Gasteiger partial charge in [0.15, 0.2) is 0 Å². The fourth-order valence-electron chi connectivity index (χ4n) is 3.32. The number of carbonyl (C=O) groups is 1. The number of hydrogen-bond donors (Lipinski definition) is 1. The minimum Gasteiger partial charge on any atom is -0.324 e. The third kappa shape index (κ3) is 4.51. The predicted octanol–water partition coefficient (Wildman–Crippen LogP) is 4.65. The second kappa shape index (κ2) is 8.41. The van der Waals surface area contributed by atoms with Crippen molar-refractivity contribution in [1.29, 1.82) is 0 Å². The number of amides is 1. The van der Waals surface area contributed by atoms with Crippen LogP contribution < -0.4 is 5.32 Å². The molecular weight excluding hydrogens is 419 g/mol. The van der Waals surface area contributed by atoms with Crippen LogP contribution in [0, 0.1) is 19.8 Å². The van der Waals surface area contributed by atoms with Gasteiger partial charge in [0, 0.05) is 18.1 Å². The average molecular weight is 441 g/mol. The molecule has 0 saturated carbocycles. The van der Waals surface area contributed by atoms with Crippen LogP contribution in [-0.2, 0) is 14.8 Å². The molecule has 0 spiro atoms. The third-order valence-corrected chi connectivity index (χ3v) is 7.46. The van der Waals surface area contributed by atoms with Crippen LogP contribution in [0.15, 0.2) is 41.3 Å². The number of anilines is 1. The number of carbonyl (C=O) groups excluding carboxylic acids is 1. The zero-order chi connectivity index (χ0) is 20.5. The molecule has 2 aromatic rings. The van der Waals surface area contributed by atoms with Gasteiger partial charge in [-0.3, -0.25) is 4.79 Å². The van der Waals surface area contributed by atoms with E-state index in [2.05, 4.69) is 5.32 Å². The fourth-order valence-corrected chi connectivity index (χ4v) is 5.61. The zero-order valence-corrected chi connectivity index (χ0v) is 18.0. The van der Waals surface area contributed by atoms with E-state index in [4.69, 9.17) is 23.2 Å². The van der Waals surface area contributed by atoms with Gasteiger partial charge in [0.2, 0.25) is 15.9 Å². The molecular formula is C20H22Cl2N2O3S. The normalized spacial score (nSPS) is 18.1. The highest BCUT2D eigenvalue weighted by atomic mass is 35.5. The molecule has 8 heteroatoms. The van der Waals surface area contributed by atoms with Crippen molar-refractivity contribution in [3.05, 3.63) is 57.6 Å². The van der Waals surface area contributed by atoms with Crippen LogP contribution in [0.3, 0.4) is 0 Å². The lowest BCUT2D eigenvalue weighted by Gasteiger charge is -2.31. The first-order chi connectivity index (χ1) is 13.2. The molecule has 2 aromatic carbocycles. The molecule has 28 heavy (non-hydrogen) atoms. The van der Waals surface area contributed by atoms with Crippen molar-refractivity contribution in [3.63, 3.8) is 0 Å². The van der Waals surface area contributed by atoms with Crippen molar-refractivity contribution in [3.8, 4) is 0 Å². The summed E-state index contributed by atoms with van der Waals surface area (Å²) < 4.78 is 27.7. The Hall–Kier alpha value is -1.60. The summed E-state index contributed by atoms with van der Waals surface area (Å²) >= 11 is 12.0. The summed E-state index contributed by atoms with van der Waals surface area (Å²) in [6.45, 7) is 4.19. The molecule has 1 N–H and O–H groups in total. The minimum atomic E-state index is -3.66. The summed E-state index contributed by atoms with van der Waals surface area (Å²) in [5.41, 5.74) is 2.04. The molecule has 1 aliphatic rings. The second-order valence-corrected chi connectivity index (χ2v) is 9.83. The van der Waals surface area contributed by atoms with E-state index in [1.165, 1.54) is 4.31 Å². The van der Waals surface area contributed by atoms with Crippen LogP contribution in [0.25, 0.3) is 0 Å². The maximum absolute atomic E-state index is 13.1. The summed E-state index contributed by atoms with van der Waals surface area (Å²) in [4.78, 5) is 13.0. The third-order valence-electron chi connectivity index (χ3n) is 4.91. The molecule has 0 unspecified atom stereocenters. The van der Waals surface area contributed by atoms with Crippen molar-refractivity contribution in [2.75, 3.05) is 18.4 Å². The average Bonchev–Trinajstić information content (AvgIpc) is 2.66. The number of aryl methyl sites for hydroxylation is 2. The van der Waals surface area contributed by atoms with Gasteiger partial charge in [0.05, 0.1) is 21.5 Å². The highest BCUT2D eigenvalue weighted by Gasteiger charge is 2.34. The monoisotopic (exact) mass is 440 g/mol. The lowest BCUT2D eigenvalue weighted by Crippen LogP contribution is -2.43. The topological polar surface area (TPSA) is 66.5 Å². The Morgan fingerprint density at radius 3 is 2.61 bits per heavy atom. The molecule has 0 aromatic heterocycles. The first-order valence-corrected chi connectivity index (χ1v) is 11.2. The van der Waals surface area contributed by atoms with E-state index in [-0.39, 0.29) is 12.5 Å². The van der Waals surface area contributed by atoms with Gasteiger partial charge in [-0.2, -0.15) is 4.31 Å². The molecule has 1 saturated heterocycles. The smallest absolute Gasteiger partial charge is 0.243 e. The van der Waals surface area contributed by atoms with Gasteiger partial charge in [0.25, 0.3) is 0 Å². The SMILES string of the molecule is Cc1ccc(C)c(S(=O)(=O)N2CCC[C@H](C(=O)Nc3ccc(Cl)cc3Cl)C2)c1. The van der Waals surface area contributed by atoms with E-state index >= 15 is 0 Å². The van der Waals surface area contributed by atoms with Gasteiger partial charge in [-0.1, -0.05) is 35.3 Å². The first-order valence-electron chi connectivity index (χ1n) is 9.02. The maximum Gasteiger partial charge on any atom is 0.243 e. The number of benzene rings is 2. The Kier molecular flexibility index (Phi) is 6.34. The molecule has 1 fully saturated rings. The summed E-state index contributed by atoms with van der Waals surface area (Å²) in [5, 5.41) is 3.61. The lowest BCUT2D eigenvalue weighted by molar-refractivity contribution is -0.120. The largest absolute Gasteiger partial charge is 0.324 e. The van der Waals surface area contributed by atoms with Gasteiger partial charge < -0.3 is 5.32 Å². The Balaban J connectivity index is 1.78. The molecule has 1 atom stereocenters.